The highest BCUT2D eigenvalue weighted by Gasteiger charge is 2.11. The van der Waals surface area contributed by atoms with Crippen LogP contribution in [0, 0.1) is 12.8 Å². The maximum Gasteiger partial charge on any atom is 0.254 e. The number of nitrogens with zero attached hydrogens (tertiary/aromatic N) is 4. The quantitative estimate of drug-likeness (QED) is 0.818. The normalized spacial score (nSPS) is 11.0. The van der Waals surface area contributed by atoms with Crippen molar-refractivity contribution >= 4 is 17.6 Å². The molecule has 2 aromatic heterocycles. The fourth-order valence-electron chi connectivity index (χ4n) is 1.21. The number of anilines is 1. The van der Waals surface area contributed by atoms with Gasteiger partial charge in [0, 0.05) is 17.8 Å². The first kappa shape index (κ1) is 10.5. The molecule has 2 aromatic rings. The molecule has 1 amide bonds. The van der Waals surface area contributed by atoms with Crippen molar-refractivity contribution in [3.8, 4) is 0 Å². The first-order valence-electron chi connectivity index (χ1n) is 5.07. The lowest BCUT2D eigenvalue weighted by Crippen LogP contribution is -2.18. The van der Waals surface area contributed by atoms with Crippen LogP contribution in [0.15, 0.2) is 12.3 Å². The van der Waals surface area contributed by atoms with E-state index in [9.17, 15) is 4.79 Å². The van der Waals surface area contributed by atoms with Gasteiger partial charge in [0.25, 0.3) is 11.7 Å². The largest absolute Gasteiger partial charge is 0.293 e. The number of fused-ring (bicyclic) bond motifs is 1. The molecule has 0 fully saturated rings. The minimum atomic E-state index is -0.103. The van der Waals surface area contributed by atoms with Gasteiger partial charge in [0.15, 0.2) is 0 Å². The van der Waals surface area contributed by atoms with Gasteiger partial charge in [-0.3, -0.25) is 10.1 Å². The van der Waals surface area contributed by atoms with Crippen LogP contribution in [0.2, 0.25) is 0 Å². The Kier molecular flexibility index (Phi) is 2.55. The van der Waals surface area contributed by atoms with Gasteiger partial charge in [-0.25, -0.2) is 4.98 Å². The summed E-state index contributed by atoms with van der Waals surface area (Å²) < 4.78 is 1.59. The second-order valence-electron chi connectivity index (χ2n) is 3.88. The van der Waals surface area contributed by atoms with Crippen molar-refractivity contribution in [2.75, 3.05) is 5.32 Å². The van der Waals surface area contributed by atoms with Crippen molar-refractivity contribution in [2.45, 2.75) is 20.8 Å². The van der Waals surface area contributed by atoms with E-state index >= 15 is 0 Å². The average Bonchev–Trinajstić information content (AvgIpc) is 2.61. The van der Waals surface area contributed by atoms with Crippen LogP contribution in [0.4, 0.5) is 5.95 Å². The molecule has 0 bridgehead atoms. The van der Waals surface area contributed by atoms with Gasteiger partial charge in [-0.2, -0.15) is 9.50 Å². The highest BCUT2D eigenvalue weighted by Crippen LogP contribution is 2.06. The van der Waals surface area contributed by atoms with Crippen LogP contribution < -0.4 is 5.32 Å². The molecular weight excluding hydrogens is 206 g/mol. The number of aryl methyl sites for hydroxylation is 1. The van der Waals surface area contributed by atoms with E-state index in [0.717, 1.165) is 5.69 Å². The van der Waals surface area contributed by atoms with Crippen molar-refractivity contribution in [1.29, 1.82) is 0 Å². The summed E-state index contributed by atoms with van der Waals surface area (Å²) in [6, 6.07) is 1.83. The standard InChI is InChI=1S/C10H13N5O/c1-6(2)8(16)12-9-13-10-11-5-4-7(3)15(10)14-9/h4-6H,1-3H3,(H,12,14,16). The maximum absolute atomic E-state index is 11.5. The fourth-order valence-corrected chi connectivity index (χ4v) is 1.21. The summed E-state index contributed by atoms with van der Waals surface area (Å²) in [7, 11) is 0. The third kappa shape index (κ3) is 1.86. The van der Waals surface area contributed by atoms with Gasteiger partial charge in [-0.1, -0.05) is 13.8 Å². The van der Waals surface area contributed by atoms with E-state index in [0.29, 0.717) is 11.7 Å². The average molecular weight is 219 g/mol. The van der Waals surface area contributed by atoms with Crippen molar-refractivity contribution in [1.82, 2.24) is 19.6 Å². The van der Waals surface area contributed by atoms with Crippen LogP contribution in [-0.4, -0.2) is 25.5 Å². The van der Waals surface area contributed by atoms with Gasteiger partial charge in [-0.05, 0) is 13.0 Å². The summed E-state index contributed by atoms with van der Waals surface area (Å²) in [5.41, 5.74) is 0.919. The van der Waals surface area contributed by atoms with E-state index in [-0.39, 0.29) is 11.8 Å². The van der Waals surface area contributed by atoms with E-state index in [1.165, 1.54) is 0 Å². The number of aromatic nitrogens is 4. The second-order valence-corrected chi connectivity index (χ2v) is 3.88. The van der Waals surface area contributed by atoms with Crippen LogP contribution in [0.5, 0.6) is 0 Å². The van der Waals surface area contributed by atoms with Crippen LogP contribution in [-0.2, 0) is 4.79 Å². The topological polar surface area (TPSA) is 72.2 Å². The van der Waals surface area contributed by atoms with E-state index in [1.54, 1.807) is 10.7 Å². The molecule has 2 rings (SSSR count). The molecule has 0 aromatic carbocycles. The predicted octanol–water partition coefficient (Wildman–Crippen LogP) is 1.03. The second kappa shape index (κ2) is 3.88. The lowest BCUT2D eigenvalue weighted by molar-refractivity contribution is -0.118. The third-order valence-corrected chi connectivity index (χ3v) is 2.19. The predicted molar refractivity (Wildman–Crippen MR) is 59.0 cm³/mol. The SMILES string of the molecule is Cc1ccnc2nc(NC(=O)C(C)C)nn12. The van der Waals surface area contributed by atoms with Gasteiger partial charge in [0.1, 0.15) is 0 Å². The summed E-state index contributed by atoms with van der Waals surface area (Å²) in [6.07, 6.45) is 1.66. The third-order valence-electron chi connectivity index (χ3n) is 2.19. The molecule has 0 aliphatic carbocycles. The highest BCUT2D eigenvalue weighted by atomic mass is 16.2. The Morgan fingerprint density at radius 2 is 2.25 bits per heavy atom. The zero-order valence-electron chi connectivity index (χ0n) is 9.43. The van der Waals surface area contributed by atoms with Crippen LogP contribution in [0.25, 0.3) is 5.78 Å². The molecule has 0 saturated carbocycles. The summed E-state index contributed by atoms with van der Waals surface area (Å²) in [5.74, 6) is 0.578. The van der Waals surface area contributed by atoms with Gasteiger partial charge < -0.3 is 0 Å². The minimum Gasteiger partial charge on any atom is -0.293 e. The number of hydrogen-bond donors (Lipinski definition) is 1. The number of amides is 1. The Morgan fingerprint density at radius 1 is 1.50 bits per heavy atom. The molecule has 0 atom stereocenters. The van der Waals surface area contributed by atoms with Gasteiger partial charge in [-0.15, -0.1) is 5.10 Å². The van der Waals surface area contributed by atoms with Crippen LogP contribution in [0.1, 0.15) is 19.5 Å². The number of carbonyl (C=O) groups is 1. The Balaban J connectivity index is 2.33. The van der Waals surface area contributed by atoms with Gasteiger partial charge in [0.2, 0.25) is 5.91 Å². The van der Waals surface area contributed by atoms with E-state index in [4.69, 9.17) is 0 Å². The molecule has 0 radical (unpaired) electrons. The Labute approximate surface area is 92.7 Å². The maximum atomic E-state index is 11.5. The monoisotopic (exact) mass is 219 g/mol. The first-order valence-corrected chi connectivity index (χ1v) is 5.07. The van der Waals surface area contributed by atoms with Gasteiger partial charge in [0.05, 0.1) is 0 Å². The van der Waals surface area contributed by atoms with Crippen LogP contribution >= 0.6 is 0 Å². The van der Waals surface area contributed by atoms with Crippen molar-refractivity contribution in [2.24, 2.45) is 5.92 Å². The lowest BCUT2D eigenvalue weighted by Gasteiger charge is -2.01. The number of hydrogen-bond acceptors (Lipinski definition) is 4. The highest BCUT2D eigenvalue weighted by molar-refractivity contribution is 5.90. The van der Waals surface area contributed by atoms with Crippen molar-refractivity contribution in [3.05, 3.63) is 18.0 Å². The molecule has 16 heavy (non-hydrogen) atoms. The molecule has 0 saturated heterocycles. The molecular formula is C10H13N5O. The van der Waals surface area contributed by atoms with E-state index in [1.807, 2.05) is 26.8 Å². The summed E-state index contributed by atoms with van der Waals surface area (Å²) in [6.45, 7) is 5.53. The molecule has 1 N–H and O–H groups in total. The van der Waals surface area contributed by atoms with E-state index < -0.39 is 0 Å². The molecule has 2 heterocycles. The number of nitrogens with one attached hydrogen (secondary N) is 1. The Bertz CT molecular complexity index is 531. The van der Waals surface area contributed by atoms with Crippen molar-refractivity contribution < 1.29 is 4.79 Å². The zero-order valence-corrected chi connectivity index (χ0v) is 9.43. The first-order chi connectivity index (χ1) is 7.58. The molecule has 0 spiro atoms. The summed E-state index contributed by atoms with van der Waals surface area (Å²) in [5, 5.41) is 6.78. The molecule has 6 nitrogen and oxygen atoms in total. The Hall–Kier alpha value is -1.98. The minimum absolute atomic E-state index is 0.0966. The molecule has 0 unspecified atom stereocenters. The molecule has 0 aliphatic rings. The zero-order chi connectivity index (χ0) is 11.7. The number of rotatable bonds is 2. The molecule has 6 heteroatoms. The summed E-state index contributed by atoms with van der Waals surface area (Å²) in [4.78, 5) is 19.6. The van der Waals surface area contributed by atoms with E-state index in [2.05, 4.69) is 20.4 Å². The smallest absolute Gasteiger partial charge is 0.254 e. The fraction of sp³-hybridized carbons (Fsp3) is 0.400. The molecule has 0 aliphatic heterocycles. The Morgan fingerprint density at radius 3 is 2.88 bits per heavy atom. The summed E-state index contributed by atoms with van der Waals surface area (Å²) >= 11 is 0. The van der Waals surface area contributed by atoms with Crippen LogP contribution in [0.3, 0.4) is 0 Å². The lowest BCUT2D eigenvalue weighted by atomic mass is 10.2. The van der Waals surface area contributed by atoms with Gasteiger partial charge >= 0.3 is 0 Å². The number of carbonyl (C=O) groups excluding carboxylic acids is 1. The van der Waals surface area contributed by atoms with Crippen molar-refractivity contribution in [3.63, 3.8) is 0 Å². The molecule has 84 valence electrons.